The van der Waals surface area contributed by atoms with Gasteiger partial charge in [-0.25, -0.2) is 10.1 Å². The number of benzene rings is 5. The summed E-state index contributed by atoms with van der Waals surface area (Å²) in [6.07, 6.45) is 8.76. The summed E-state index contributed by atoms with van der Waals surface area (Å²) < 4.78 is 61.7. The first kappa shape index (κ1) is 59.1. The van der Waals surface area contributed by atoms with E-state index in [0.717, 1.165) is 38.3 Å². The molecule has 0 aromatic heterocycles. The Hall–Kier alpha value is -6.79. The maximum absolute atomic E-state index is 14.1. The molecule has 5 aromatic carbocycles. The molecule has 0 saturated heterocycles. The van der Waals surface area contributed by atoms with E-state index in [1.54, 1.807) is 0 Å². The third-order valence-electron chi connectivity index (χ3n) is 11.2. The van der Waals surface area contributed by atoms with Crippen LogP contribution in [0, 0.1) is 0 Å². The predicted molar refractivity (Wildman–Crippen MR) is 279 cm³/mol. The van der Waals surface area contributed by atoms with E-state index in [9.17, 15) is 41.7 Å². The Bertz CT molecular complexity index is 2970. The number of anilines is 2. The van der Waals surface area contributed by atoms with Crippen LogP contribution in [-0.2, 0) is 43.4 Å². The van der Waals surface area contributed by atoms with E-state index >= 15 is 0 Å². The number of ether oxygens (including phenoxy) is 4. The Morgan fingerprint density at radius 1 is 0.747 bits per heavy atom. The number of hydrogen-bond acceptors (Lipinski definition) is 18. The van der Waals surface area contributed by atoms with E-state index < -0.39 is 62.8 Å². The highest BCUT2D eigenvalue weighted by Gasteiger charge is 2.31. The molecule has 0 spiro atoms. The van der Waals surface area contributed by atoms with Crippen molar-refractivity contribution in [3.8, 4) is 17.2 Å². The van der Waals surface area contributed by atoms with Crippen molar-refractivity contribution < 1.29 is 75.3 Å². The molecule has 0 heterocycles. The number of carbonyl (C=O) groups is 6. The topological polar surface area (TPSA) is 281 Å². The molecule has 1 atom stereocenters. The number of nitrogens with zero attached hydrogens (tertiary/aromatic N) is 2. The van der Waals surface area contributed by atoms with Crippen molar-refractivity contribution in [2.24, 2.45) is 10.2 Å². The number of carbonyl (C=O) groups excluding carboxylic acids is 6. The van der Waals surface area contributed by atoms with Gasteiger partial charge in [0.25, 0.3) is 16.0 Å². The van der Waals surface area contributed by atoms with E-state index in [1.807, 2.05) is 0 Å². The summed E-state index contributed by atoms with van der Waals surface area (Å²) in [6, 6.07) is 18.8. The molecule has 75 heavy (non-hydrogen) atoms. The van der Waals surface area contributed by atoms with Gasteiger partial charge in [0.2, 0.25) is 17.8 Å². The van der Waals surface area contributed by atoms with Gasteiger partial charge in [-0.1, -0.05) is 81.4 Å². The van der Waals surface area contributed by atoms with Gasteiger partial charge in [-0.05, 0) is 104 Å². The number of Topliss-reactive ketones (excluding diaryl/α,β-unsaturated/α-hetero) is 2. The van der Waals surface area contributed by atoms with Gasteiger partial charge < -0.3 is 34.4 Å². The Balaban J connectivity index is 1.42. The third kappa shape index (κ3) is 18.2. The standard InChI is InChI=1S/C52H57ClN4O16S2/c1-5-6-7-8-9-10-11-12-13-14-27-69-52(63)35-18-25-41(53)42(29-35)55-51(62)50(48(61)34-16-21-38(68-4)22-17-34)70-39-23-19-37(20-24-39)56-57-47-44(74-73-72-64)30-36-28-40(75(65,66)67)31-43(54-33(3)59)46(36)49(47)71-45(60)26-15-32(2)58/h16-25,28-31,50,64H,5-15,26-27H2,1-4H3,(H,54,59)(H,55,62)(H,65,66,67). The molecule has 1 unspecified atom stereocenters. The van der Waals surface area contributed by atoms with Crippen molar-refractivity contribution in [3.05, 3.63) is 101 Å². The lowest BCUT2D eigenvalue weighted by Crippen LogP contribution is -2.40. The highest BCUT2D eigenvalue weighted by Crippen LogP contribution is 2.48. The van der Waals surface area contributed by atoms with Gasteiger partial charge in [-0.3, -0.25) is 23.7 Å². The summed E-state index contributed by atoms with van der Waals surface area (Å²) in [5, 5.41) is 26.3. The second-order valence-corrected chi connectivity index (χ2v) is 19.5. The molecule has 400 valence electrons. The highest BCUT2D eigenvalue weighted by atomic mass is 35.5. The zero-order valence-electron chi connectivity index (χ0n) is 41.6. The molecule has 0 aliphatic carbocycles. The minimum absolute atomic E-state index is 0.00326. The second-order valence-electron chi connectivity index (χ2n) is 17.0. The number of esters is 2. The summed E-state index contributed by atoms with van der Waals surface area (Å²) in [7, 11) is -3.43. The predicted octanol–water partition coefficient (Wildman–Crippen LogP) is 12.2. The largest absolute Gasteiger partial charge is 0.497 e. The minimum Gasteiger partial charge on any atom is -0.497 e. The SMILES string of the molecule is CCCCCCCCCCCCOC(=O)c1ccc(Cl)c(NC(=O)C(Oc2ccc(N=Nc3c(SOOO)cc4cc(S(=O)(=O)O)cc(NC(C)=O)c4c3OC(=O)CCC(C)=O)cc2)C(=O)c2ccc(OC)cc2)c1. The Labute approximate surface area is 442 Å². The number of halogens is 1. The molecule has 4 N–H and O–H groups in total. The molecule has 0 aliphatic rings. The average Bonchev–Trinajstić information content (AvgIpc) is 3.38. The number of fused-ring (bicyclic) bond motifs is 1. The smallest absolute Gasteiger partial charge is 0.338 e. The molecule has 5 rings (SSSR count). The van der Waals surface area contributed by atoms with E-state index in [1.165, 1.54) is 125 Å². The zero-order chi connectivity index (χ0) is 54.5. The van der Waals surface area contributed by atoms with Crippen LogP contribution >= 0.6 is 23.6 Å². The fourth-order valence-corrected chi connectivity index (χ4v) is 8.58. The van der Waals surface area contributed by atoms with Gasteiger partial charge in [0, 0.05) is 18.9 Å². The van der Waals surface area contributed by atoms with Crippen LogP contribution in [0.15, 0.2) is 105 Å². The summed E-state index contributed by atoms with van der Waals surface area (Å²) in [6.45, 7) is 4.79. The van der Waals surface area contributed by atoms with Gasteiger partial charge >= 0.3 is 11.9 Å². The van der Waals surface area contributed by atoms with E-state index in [-0.39, 0.29) is 79.1 Å². The van der Waals surface area contributed by atoms with Gasteiger partial charge in [-0.15, -0.1) is 9.45 Å². The second kappa shape index (κ2) is 29.3. The number of nitrogens with one attached hydrogen (secondary N) is 2. The molecule has 0 saturated carbocycles. The number of methoxy groups -OCH3 is 1. The third-order valence-corrected chi connectivity index (χ3v) is 12.9. The highest BCUT2D eigenvalue weighted by molar-refractivity contribution is 7.94. The van der Waals surface area contributed by atoms with Crippen molar-refractivity contribution in [2.75, 3.05) is 24.4 Å². The number of rotatable bonds is 30. The quantitative estimate of drug-likeness (QED) is 0.00318. The molecular formula is C52H57ClN4O16S2. The first-order valence-corrected chi connectivity index (χ1v) is 26.4. The zero-order valence-corrected chi connectivity index (χ0v) is 43.9. The first-order chi connectivity index (χ1) is 35.9. The molecule has 23 heteroatoms. The summed E-state index contributed by atoms with van der Waals surface area (Å²) in [4.78, 5) is 77.8. The number of hydrogen-bond donors (Lipinski definition) is 4. The molecular weight excluding hydrogens is 1040 g/mol. The summed E-state index contributed by atoms with van der Waals surface area (Å²) >= 11 is 6.81. The van der Waals surface area contributed by atoms with E-state index in [2.05, 4.69) is 37.2 Å². The van der Waals surface area contributed by atoms with Crippen LogP contribution in [-0.4, -0.2) is 73.4 Å². The van der Waals surface area contributed by atoms with Crippen LogP contribution in [0.5, 0.6) is 17.2 Å². The number of unbranched alkanes of at least 4 members (excludes halogenated alkanes) is 9. The number of amides is 2. The van der Waals surface area contributed by atoms with Crippen LogP contribution in [0.25, 0.3) is 10.8 Å². The van der Waals surface area contributed by atoms with Crippen LogP contribution in [0.4, 0.5) is 22.7 Å². The summed E-state index contributed by atoms with van der Waals surface area (Å²) in [5.74, 6) is -4.27. The molecule has 0 fully saturated rings. The van der Waals surface area contributed by atoms with Crippen LogP contribution in [0.2, 0.25) is 5.02 Å². The van der Waals surface area contributed by atoms with Crippen molar-refractivity contribution in [2.45, 2.75) is 114 Å². The number of azo groups is 1. The van der Waals surface area contributed by atoms with Gasteiger partial charge in [0.05, 0.1) is 75.0 Å². The lowest BCUT2D eigenvalue weighted by atomic mass is 10.0. The Morgan fingerprint density at radius 3 is 2.00 bits per heavy atom. The molecule has 5 aromatic rings. The molecule has 0 aliphatic heterocycles. The van der Waals surface area contributed by atoms with Crippen molar-refractivity contribution in [1.29, 1.82) is 0 Å². The Kier molecular flexibility index (Phi) is 23.1. The van der Waals surface area contributed by atoms with Crippen LogP contribution in [0.1, 0.15) is 119 Å². The maximum atomic E-state index is 14.1. The van der Waals surface area contributed by atoms with Gasteiger partial charge in [-0.2, -0.15) is 13.5 Å². The fourth-order valence-electron chi connectivity index (χ4n) is 7.39. The molecule has 0 radical (unpaired) electrons. The normalized spacial score (nSPS) is 11.8. The van der Waals surface area contributed by atoms with Gasteiger partial charge in [0.15, 0.2) is 5.75 Å². The molecule has 2 amide bonds. The van der Waals surface area contributed by atoms with Crippen molar-refractivity contribution in [3.63, 3.8) is 0 Å². The molecule has 20 nitrogen and oxygen atoms in total. The van der Waals surface area contributed by atoms with Gasteiger partial charge in [0.1, 0.15) is 23.0 Å². The van der Waals surface area contributed by atoms with E-state index in [4.69, 9.17) is 35.8 Å². The lowest BCUT2D eigenvalue weighted by Gasteiger charge is -2.19. The minimum atomic E-state index is -4.88. The van der Waals surface area contributed by atoms with Crippen LogP contribution < -0.4 is 24.8 Å². The number of ketones is 2. The first-order valence-electron chi connectivity index (χ1n) is 23.8. The monoisotopic (exact) mass is 1090 g/mol. The lowest BCUT2D eigenvalue weighted by molar-refractivity contribution is -0.432. The van der Waals surface area contributed by atoms with Crippen molar-refractivity contribution >= 4 is 103 Å². The Morgan fingerprint density at radius 2 is 1.39 bits per heavy atom. The van der Waals surface area contributed by atoms with Crippen LogP contribution in [0.3, 0.4) is 0 Å². The summed E-state index contributed by atoms with van der Waals surface area (Å²) in [5.41, 5.74) is -0.223. The maximum Gasteiger partial charge on any atom is 0.338 e. The molecule has 0 bridgehead atoms. The fraction of sp³-hybridized carbons (Fsp3) is 0.346. The van der Waals surface area contributed by atoms with E-state index in [0.29, 0.717) is 24.2 Å². The average molecular weight is 1090 g/mol. The van der Waals surface area contributed by atoms with Crippen molar-refractivity contribution in [1.82, 2.24) is 0 Å².